The van der Waals surface area contributed by atoms with Gasteiger partial charge in [-0.05, 0) is 25.7 Å². The van der Waals surface area contributed by atoms with E-state index < -0.39 is 0 Å². The maximum absolute atomic E-state index is 4.94. The van der Waals surface area contributed by atoms with Crippen LogP contribution in [-0.2, 0) is 29.1 Å². The van der Waals surface area contributed by atoms with E-state index >= 15 is 0 Å². The number of halogens is 2. The van der Waals surface area contributed by atoms with Crippen LogP contribution in [0.15, 0.2) is 48.5 Å². The number of benzene rings is 2. The van der Waals surface area contributed by atoms with Gasteiger partial charge in [0.2, 0.25) is 0 Å². The standard InChI is InChI=1S/2C9H12N.2C4H8O.2FH.Ti/c2*1-3-10-9-7-5-4-6-8(9)2;2*1-2-4-5-3-1;;;/h2*4-7H,3H2,1-2H3;2*1-4H2;2*1H;/q2*-1;;;;;+4/p-2. The van der Waals surface area contributed by atoms with Crippen molar-refractivity contribution >= 4 is 11.4 Å². The van der Waals surface area contributed by atoms with E-state index in [2.05, 4.69) is 83.0 Å². The molecule has 0 aliphatic carbocycles. The van der Waals surface area contributed by atoms with Crippen LogP contribution >= 0.6 is 0 Å². The predicted octanol–water partition coefficient (Wildman–Crippen LogP) is 0.170. The largest absolute Gasteiger partial charge is 1.00 e. The predicted molar refractivity (Wildman–Crippen MR) is 129 cm³/mol. The average Bonchev–Trinajstić information content (AvgIpc) is 3.55. The van der Waals surface area contributed by atoms with Gasteiger partial charge in [-0.25, -0.2) is 0 Å². The van der Waals surface area contributed by atoms with Crippen molar-refractivity contribution in [2.45, 2.75) is 53.4 Å². The Labute approximate surface area is 208 Å². The summed E-state index contributed by atoms with van der Waals surface area (Å²) in [4.78, 5) is 0. The molecule has 0 unspecified atom stereocenters. The molecule has 4 rings (SSSR count). The van der Waals surface area contributed by atoms with Gasteiger partial charge in [0.1, 0.15) is 0 Å². The molecule has 184 valence electrons. The Morgan fingerprint density at radius 1 is 0.636 bits per heavy atom. The first-order valence-electron chi connectivity index (χ1n) is 11.8. The van der Waals surface area contributed by atoms with Crippen molar-refractivity contribution in [3.05, 3.63) is 59.7 Å². The Balaban J connectivity index is 0.000000701. The normalized spacial score (nSPS) is 13.7. The number of hydrogen-bond acceptors (Lipinski definition) is 4. The van der Waals surface area contributed by atoms with E-state index in [-0.39, 0.29) is 29.1 Å². The molecule has 0 N–H and O–H groups in total. The minimum atomic E-state index is -0.388. The summed E-state index contributed by atoms with van der Waals surface area (Å²) in [6.45, 7) is 15.0. The monoisotopic (exact) mass is 498 g/mol. The molecule has 33 heavy (non-hydrogen) atoms. The van der Waals surface area contributed by atoms with E-state index in [1.54, 1.807) is 0 Å². The molecule has 2 heterocycles. The van der Waals surface area contributed by atoms with E-state index in [9.17, 15) is 0 Å². The molecule has 2 saturated heterocycles. The number of nitrogens with zero attached hydrogens (tertiary/aromatic N) is 2. The van der Waals surface area contributed by atoms with Crippen LogP contribution in [0.3, 0.4) is 0 Å². The minimum absolute atomic E-state index is 0. The first kappa shape index (κ1) is 31.5. The average molecular weight is 498 g/mol. The Bertz CT molecular complexity index is 667. The molecule has 0 amide bonds. The van der Waals surface area contributed by atoms with Gasteiger partial charge in [-0.3, -0.25) is 0 Å². The molecule has 0 bridgehead atoms. The van der Waals surface area contributed by atoms with Gasteiger partial charge in [0, 0.05) is 26.4 Å². The van der Waals surface area contributed by atoms with E-state index in [1.165, 1.54) is 48.2 Å². The van der Waals surface area contributed by atoms with E-state index in [1.807, 2.05) is 0 Å². The van der Waals surface area contributed by atoms with Crippen molar-refractivity contribution in [3.8, 4) is 0 Å². The van der Waals surface area contributed by atoms with Crippen molar-refractivity contribution < 1.29 is 38.5 Å². The molecule has 4 nitrogen and oxygen atoms in total. The smallest absolute Gasteiger partial charge is 1.00 e. The zero-order chi connectivity index (χ0) is 22.3. The zero-order valence-corrected chi connectivity index (χ0v) is 22.2. The van der Waals surface area contributed by atoms with Crippen LogP contribution in [0, 0.1) is 13.8 Å². The van der Waals surface area contributed by atoms with Crippen LogP contribution in [0.1, 0.15) is 50.7 Å². The third-order valence-corrected chi connectivity index (χ3v) is 7.84. The van der Waals surface area contributed by atoms with Gasteiger partial charge in [0.15, 0.2) is 0 Å². The fourth-order valence-corrected chi connectivity index (χ4v) is 5.51. The molecule has 7 heteroatoms. The molecular formula is C26H40F2N2O2Ti. The molecule has 0 spiro atoms. The molecular weight excluding hydrogens is 458 g/mol. The van der Waals surface area contributed by atoms with Crippen LogP contribution in [0.25, 0.3) is 0 Å². The molecule has 0 atom stereocenters. The third kappa shape index (κ3) is 11.5. The Morgan fingerprint density at radius 3 is 1.21 bits per heavy atom. The van der Waals surface area contributed by atoms with Crippen molar-refractivity contribution in [1.82, 2.24) is 0 Å². The first-order chi connectivity index (χ1) is 15.2. The number of anilines is 2. The second kappa shape index (κ2) is 18.9. The van der Waals surface area contributed by atoms with Gasteiger partial charge in [-0.1, -0.05) is 0 Å². The molecule has 0 saturated carbocycles. The van der Waals surface area contributed by atoms with Crippen LogP contribution in [0.4, 0.5) is 11.4 Å². The molecule has 0 aromatic heterocycles. The van der Waals surface area contributed by atoms with E-state index in [0.29, 0.717) is 0 Å². The molecule has 2 aromatic carbocycles. The van der Waals surface area contributed by atoms with Crippen molar-refractivity contribution in [1.29, 1.82) is 0 Å². The Hall–Kier alpha value is -1.47. The molecule has 2 fully saturated rings. The summed E-state index contributed by atoms with van der Waals surface area (Å²) in [5.74, 6) is 0. The molecule has 0 radical (unpaired) electrons. The van der Waals surface area contributed by atoms with Gasteiger partial charge in [-0.2, -0.15) is 0 Å². The third-order valence-electron chi connectivity index (χ3n) is 5.34. The summed E-state index contributed by atoms with van der Waals surface area (Å²) < 4.78 is 15.0. The van der Waals surface area contributed by atoms with Crippen molar-refractivity contribution in [3.63, 3.8) is 0 Å². The zero-order valence-electron chi connectivity index (χ0n) is 20.7. The van der Waals surface area contributed by atoms with Crippen LogP contribution < -0.4 is 16.2 Å². The quantitative estimate of drug-likeness (QED) is 0.531. The summed E-state index contributed by atoms with van der Waals surface area (Å²) in [5, 5.41) is 0. The maximum atomic E-state index is 4.94. The SMILES string of the molecule is C1CCOC1.C1CCOC1.CC[N]([Ti+2][N](CC)c1ccccc1C)c1ccccc1C.[F-].[F-]. The summed E-state index contributed by atoms with van der Waals surface area (Å²) in [7, 11) is 0. The van der Waals surface area contributed by atoms with Gasteiger partial charge in [0.25, 0.3) is 0 Å². The summed E-state index contributed by atoms with van der Waals surface area (Å²) in [5.41, 5.74) is 5.49. The number of para-hydroxylation sites is 2. The van der Waals surface area contributed by atoms with E-state index in [0.717, 1.165) is 39.5 Å². The van der Waals surface area contributed by atoms with Crippen LogP contribution in [0.5, 0.6) is 0 Å². The van der Waals surface area contributed by atoms with Crippen LogP contribution in [0.2, 0.25) is 0 Å². The summed E-state index contributed by atoms with van der Waals surface area (Å²) in [6, 6.07) is 17.4. The maximum Gasteiger partial charge on any atom is -1.00 e. The fraction of sp³-hybridized carbons (Fsp3) is 0.538. The van der Waals surface area contributed by atoms with Gasteiger partial charge in [0.05, 0.1) is 0 Å². The first-order valence-corrected chi connectivity index (χ1v) is 13.1. The molecule has 2 aliphatic rings. The Morgan fingerprint density at radius 2 is 0.970 bits per heavy atom. The Kier molecular flexibility index (Phi) is 18.1. The summed E-state index contributed by atoms with van der Waals surface area (Å²) in [6.07, 6.45) is 5.11. The van der Waals surface area contributed by atoms with Gasteiger partial charge >= 0.3 is 138 Å². The van der Waals surface area contributed by atoms with Gasteiger partial charge < -0.3 is 18.9 Å². The topological polar surface area (TPSA) is 24.9 Å². The fourth-order valence-electron chi connectivity index (χ4n) is 3.49. The second-order valence-corrected chi connectivity index (χ2v) is 9.80. The second-order valence-electron chi connectivity index (χ2n) is 7.80. The van der Waals surface area contributed by atoms with Crippen molar-refractivity contribution in [2.75, 3.05) is 46.3 Å². The van der Waals surface area contributed by atoms with Gasteiger partial charge in [-0.15, -0.1) is 0 Å². The number of hydrogen-bond donors (Lipinski definition) is 0. The molecule has 2 aromatic rings. The number of rotatable bonds is 6. The van der Waals surface area contributed by atoms with E-state index in [4.69, 9.17) is 9.47 Å². The molecule has 2 aliphatic heterocycles. The van der Waals surface area contributed by atoms with Crippen molar-refractivity contribution in [2.24, 2.45) is 0 Å². The van der Waals surface area contributed by atoms with Crippen LogP contribution in [-0.4, -0.2) is 39.5 Å². The minimum Gasteiger partial charge on any atom is -1.00 e. The number of ether oxygens (including phenoxy) is 2. The number of aryl methyl sites for hydroxylation is 2. The summed E-state index contributed by atoms with van der Waals surface area (Å²) >= 11 is -0.388.